The van der Waals surface area contributed by atoms with E-state index in [9.17, 15) is 18.0 Å². The van der Waals surface area contributed by atoms with Crippen LogP contribution in [0.15, 0.2) is 58.7 Å². The van der Waals surface area contributed by atoms with E-state index in [0.717, 1.165) is 12.0 Å². The number of carbonyl (C=O) groups excluding carboxylic acids is 2. The van der Waals surface area contributed by atoms with Gasteiger partial charge in [-0.2, -0.15) is 8.42 Å². The molecule has 0 heterocycles. The van der Waals surface area contributed by atoms with Crippen LogP contribution in [0.5, 0.6) is 0 Å². The molecular weight excluding hydrogens is 442 g/mol. The van der Waals surface area contributed by atoms with Crippen LogP contribution in [-0.2, 0) is 24.4 Å². The number of rotatable bonds is 10. The van der Waals surface area contributed by atoms with Crippen molar-refractivity contribution in [3.05, 3.63) is 58.7 Å². The molecule has 8 heteroatoms. The standard InChI is InChI=1S/C25H37NO6S/c1-7-32-24(28)22(17-33(29,30)31)26-23(27)16-19(3)11-8-10-18(2)13-14-21-20(4)12-9-15-25(21,5)6/h8,10-11,13-14,16,22H,7,9,12,15,17H2,1-6H3,(H,26,27)(H,29,30,31)/b11-8+,14-13+,18-10+,19-16-/t22-/m0/s1. The number of esters is 1. The van der Waals surface area contributed by atoms with Crippen LogP contribution in [0.1, 0.15) is 60.8 Å². The summed E-state index contributed by atoms with van der Waals surface area (Å²) in [5.74, 6) is -2.55. The van der Waals surface area contributed by atoms with Crippen molar-refractivity contribution in [2.24, 2.45) is 5.41 Å². The fourth-order valence-electron chi connectivity index (χ4n) is 3.72. The quantitative estimate of drug-likeness (QED) is 0.207. The largest absolute Gasteiger partial charge is 0.464 e. The molecule has 1 aliphatic rings. The fraction of sp³-hybridized carbons (Fsp3) is 0.520. The molecule has 1 atom stereocenters. The van der Waals surface area contributed by atoms with Crippen molar-refractivity contribution in [3.8, 4) is 0 Å². The highest BCUT2D eigenvalue weighted by Gasteiger charge is 2.27. The molecule has 0 fully saturated rings. The summed E-state index contributed by atoms with van der Waals surface area (Å²) in [4.78, 5) is 24.0. The van der Waals surface area contributed by atoms with Crippen LogP contribution in [0.4, 0.5) is 0 Å². The average molecular weight is 480 g/mol. The van der Waals surface area contributed by atoms with Crippen LogP contribution >= 0.6 is 0 Å². The zero-order valence-electron chi connectivity index (χ0n) is 20.5. The zero-order chi connectivity index (χ0) is 25.2. The molecule has 7 nitrogen and oxygen atoms in total. The van der Waals surface area contributed by atoms with Gasteiger partial charge in [0.15, 0.2) is 0 Å². The average Bonchev–Trinajstić information content (AvgIpc) is 2.65. The van der Waals surface area contributed by atoms with Gasteiger partial charge >= 0.3 is 5.97 Å². The minimum absolute atomic E-state index is 0.0166. The summed E-state index contributed by atoms with van der Waals surface area (Å²) in [7, 11) is -4.48. The summed E-state index contributed by atoms with van der Waals surface area (Å²) in [6.45, 7) is 12.0. The lowest BCUT2D eigenvalue weighted by molar-refractivity contribution is -0.146. The number of nitrogens with one attached hydrogen (secondary N) is 1. The monoisotopic (exact) mass is 479 g/mol. The van der Waals surface area contributed by atoms with Gasteiger partial charge in [-0.25, -0.2) is 4.79 Å². The lowest BCUT2D eigenvalue weighted by atomic mass is 9.72. The highest BCUT2D eigenvalue weighted by molar-refractivity contribution is 7.85. The number of ether oxygens (including phenoxy) is 1. The van der Waals surface area contributed by atoms with Crippen molar-refractivity contribution in [1.82, 2.24) is 5.32 Å². The van der Waals surface area contributed by atoms with Gasteiger partial charge in [0.25, 0.3) is 10.1 Å². The Morgan fingerprint density at radius 3 is 2.45 bits per heavy atom. The summed E-state index contributed by atoms with van der Waals surface area (Å²) in [5.41, 5.74) is 4.66. The maximum absolute atomic E-state index is 12.2. The van der Waals surface area contributed by atoms with Gasteiger partial charge in [0.1, 0.15) is 11.8 Å². The molecule has 0 aliphatic heterocycles. The third-order valence-corrected chi connectivity index (χ3v) is 6.15. The van der Waals surface area contributed by atoms with Gasteiger partial charge in [-0.05, 0) is 63.5 Å². The fourth-order valence-corrected chi connectivity index (χ4v) is 4.36. The normalized spacial score (nSPS) is 18.6. The van der Waals surface area contributed by atoms with E-state index in [-0.39, 0.29) is 12.0 Å². The second kappa shape index (κ2) is 12.7. The Hall–Kier alpha value is -2.45. The van der Waals surface area contributed by atoms with Crippen LogP contribution in [0.3, 0.4) is 0 Å². The van der Waals surface area contributed by atoms with E-state index in [1.54, 1.807) is 19.9 Å². The van der Waals surface area contributed by atoms with Crippen molar-refractivity contribution < 1.29 is 27.3 Å². The van der Waals surface area contributed by atoms with Crippen LogP contribution in [-0.4, -0.2) is 43.2 Å². The van der Waals surface area contributed by atoms with E-state index in [0.29, 0.717) is 5.57 Å². The summed E-state index contributed by atoms with van der Waals surface area (Å²) < 4.78 is 36.0. The SMILES string of the molecule is CCOC(=O)[C@H](CS(=O)(=O)O)NC(=O)\C=C(C)/C=C/C=C(C)/C=C/C1=C(C)CCCC1(C)C. The van der Waals surface area contributed by atoms with Crippen molar-refractivity contribution in [2.45, 2.75) is 66.8 Å². The number of amides is 1. The lowest BCUT2D eigenvalue weighted by Crippen LogP contribution is -2.45. The van der Waals surface area contributed by atoms with Gasteiger partial charge < -0.3 is 10.1 Å². The van der Waals surface area contributed by atoms with E-state index < -0.39 is 33.8 Å². The Bertz CT molecular complexity index is 980. The van der Waals surface area contributed by atoms with E-state index in [2.05, 4.69) is 38.2 Å². The number of hydrogen-bond acceptors (Lipinski definition) is 5. The minimum atomic E-state index is -4.48. The third kappa shape index (κ3) is 10.8. The molecule has 33 heavy (non-hydrogen) atoms. The Morgan fingerprint density at radius 2 is 1.88 bits per heavy atom. The highest BCUT2D eigenvalue weighted by atomic mass is 32.2. The Labute approximate surface area is 198 Å². The van der Waals surface area contributed by atoms with Gasteiger partial charge in [0, 0.05) is 6.08 Å². The van der Waals surface area contributed by atoms with Gasteiger partial charge in [0.2, 0.25) is 5.91 Å². The minimum Gasteiger partial charge on any atom is -0.464 e. The van der Waals surface area contributed by atoms with Crippen molar-refractivity contribution in [2.75, 3.05) is 12.4 Å². The Balaban J connectivity index is 2.81. The predicted octanol–water partition coefficient (Wildman–Crippen LogP) is 4.45. The topological polar surface area (TPSA) is 110 Å². The molecule has 1 amide bonds. The second-order valence-electron chi connectivity index (χ2n) is 8.98. The molecule has 0 aromatic carbocycles. The van der Waals surface area contributed by atoms with E-state index >= 15 is 0 Å². The molecule has 1 aliphatic carbocycles. The Kier molecular flexibility index (Phi) is 11.0. The summed E-state index contributed by atoms with van der Waals surface area (Å²) in [5, 5.41) is 2.26. The Morgan fingerprint density at radius 1 is 1.21 bits per heavy atom. The molecule has 0 saturated carbocycles. The lowest BCUT2D eigenvalue weighted by Gasteiger charge is -2.32. The number of carbonyl (C=O) groups is 2. The molecule has 0 radical (unpaired) electrons. The van der Waals surface area contributed by atoms with Gasteiger partial charge in [0.05, 0.1) is 6.61 Å². The zero-order valence-corrected chi connectivity index (χ0v) is 21.3. The maximum Gasteiger partial charge on any atom is 0.329 e. The summed E-state index contributed by atoms with van der Waals surface area (Å²) in [6, 6.07) is -1.49. The maximum atomic E-state index is 12.2. The van der Waals surface area contributed by atoms with E-state index in [1.165, 1.54) is 30.1 Å². The first-order valence-corrected chi connectivity index (χ1v) is 12.7. The van der Waals surface area contributed by atoms with Crippen LogP contribution in [0.25, 0.3) is 0 Å². The molecule has 0 spiro atoms. The van der Waals surface area contributed by atoms with E-state index in [4.69, 9.17) is 9.29 Å². The van der Waals surface area contributed by atoms with Gasteiger partial charge in [-0.3, -0.25) is 9.35 Å². The van der Waals surface area contributed by atoms with Gasteiger partial charge in [-0.1, -0.05) is 55.4 Å². The third-order valence-electron chi connectivity index (χ3n) is 5.40. The first kappa shape index (κ1) is 28.6. The smallest absolute Gasteiger partial charge is 0.329 e. The second-order valence-corrected chi connectivity index (χ2v) is 10.5. The molecule has 2 N–H and O–H groups in total. The van der Waals surface area contributed by atoms with Crippen LogP contribution in [0, 0.1) is 5.41 Å². The van der Waals surface area contributed by atoms with Crippen LogP contribution < -0.4 is 5.32 Å². The summed E-state index contributed by atoms with van der Waals surface area (Å²) >= 11 is 0. The molecule has 0 aromatic heterocycles. The van der Waals surface area contributed by atoms with Crippen molar-refractivity contribution >= 4 is 22.0 Å². The van der Waals surface area contributed by atoms with Gasteiger partial charge in [-0.15, -0.1) is 0 Å². The molecule has 184 valence electrons. The summed E-state index contributed by atoms with van der Waals surface area (Å²) in [6.07, 6.45) is 14.5. The van der Waals surface area contributed by atoms with Crippen molar-refractivity contribution in [1.29, 1.82) is 0 Å². The molecule has 0 unspecified atom stereocenters. The first-order chi connectivity index (χ1) is 15.2. The number of hydrogen-bond donors (Lipinski definition) is 2. The number of allylic oxidation sites excluding steroid dienone is 9. The molecule has 0 bridgehead atoms. The van der Waals surface area contributed by atoms with E-state index in [1.807, 2.05) is 19.1 Å². The molecule has 1 rings (SSSR count). The van der Waals surface area contributed by atoms with Crippen LogP contribution in [0.2, 0.25) is 0 Å². The molecule has 0 saturated heterocycles. The molecule has 0 aromatic rings. The molecular formula is C25H37NO6S. The highest BCUT2D eigenvalue weighted by Crippen LogP contribution is 2.40. The first-order valence-electron chi connectivity index (χ1n) is 11.1. The van der Waals surface area contributed by atoms with Crippen molar-refractivity contribution in [3.63, 3.8) is 0 Å². The predicted molar refractivity (Wildman–Crippen MR) is 131 cm³/mol.